The van der Waals surface area contributed by atoms with E-state index in [0.29, 0.717) is 0 Å². The summed E-state index contributed by atoms with van der Waals surface area (Å²) in [6.45, 7) is 9.64. The van der Waals surface area contributed by atoms with E-state index in [4.69, 9.17) is 0 Å². The maximum absolute atomic E-state index is 2.57. The molecule has 0 aromatic heterocycles. The van der Waals surface area contributed by atoms with Gasteiger partial charge in [0.05, 0.1) is 0 Å². The fourth-order valence-corrected chi connectivity index (χ4v) is 12.4. The first kappa shape index (κ1) is 35.0. The topological polar surface area (TPSA) is 0 Å². The first-order chi connectivity index (χ1) is 29.8. The number of benzene rings is 9. The predicted molar refractivity (Wildman–Crippen MR) is 255 cm³/mol. The maximum Gasteiger partial charge on any atom is 0.0346 e. The van der Waals surface area contributed by atoms with Gasteiger partial charge in [-0.1, -0.05) is 198 Å². The second-order valence-corrected chi connectivity index (χ2v) is 19.1. The number of hydrogen-bond acceptors (Lipinski definition) is 0. The van der Waals surface area contributed by atoms with Crippen LogP contribution in [0.4, 0.5) is 0 Å². The van der Waals surface area contributed by atoms with Crippen LogP contribution >= 0.6 is 0 Å². The largest absolute Gasteiger partial charge is 0.0619 e. The zero-order chi connectivity index (χ0) is 40.8. The third-order valence-corrected chi connectivity index (χ3v) is 15.3. The summed E-state index contributed by atoms with van der Waals surface area (Å²) < 4.78 is 0. The van der Waals surface area contributed by atoms with Crippen LogP contribution in [0.1, 0.15) is 94.8 Å². The molecule has 0 bridgehead atoms. The van der Waals surface area contributed by atoms with Crippen LogP contribution in [0.15, 0.2) is 176 Å². The standard InChI is InChI=1S/C61H46/c1-60(2)53-25-11-9-20-44(53)46-29-27-39(34-55(46)60)57(40-28-30-47-45-21-10-12-26-54(45)61(3,4)56(47)35-40)49-24-13-17-38-33-52-51(58(38)49)32-37-16-6-8-19-42(37)59(52)48-23-14-22-43-41-18-7-5-15-36(41)31-50(43)48/h5-30,32,34-35,57H,31,33H2,1-4H3. The van der Waals surface area contributed by atoms with Crippen LogP contribution in [0.3, 0.4) is 0 Å². The van der Waals surface area contributed by atoms with E-state index in [1.165, 1.54) is 128 Å². The van der Waals surface area contributed by atoms with E-state index < -0.39 is 0 Å². The average Bonchev–Trinajstić information content (AvgIpc) is 3.99. The molecule has 61 heavy (non-hydrogen) atoms. The Morgan fingerprint density at radius 3 is 1.59 bits per heavy atom. The molecule has 290 valence electrons. The molecule has 0 unspecified atom stereocenters. The Labute approximate surface area is 359 Å². The van der Waals surface area contributed by atoms with Gasteiger partial charge in [0.15, 0.2) is 0 Å². The van der Waals surface area contributed by atoms with Crippen molar-refractivity contribution in [3.05, 3.63) is 237 Å². The number of hydrogen-bond donors (Lipinski definition) is 0. The zero-order valence-corrected chi connectivity index (χ0v) is 35.2. The van der Waals surface area contributed by atoms with Crippen molar-refractivity contribution >= 4 is 10.8 Å². The van der Waals surface area contributed by atoms with E-state index in [-0.39, 0.29) is 16.7 Å². The van der Waals surface area contributed by atoms with E-state index in [1.807, 2.05) is 0 Å². The van der Waals surface area contributed by atoms with E-state index in [1.54, 1.807) is 0 Å². The van der Waals surface area contributed by atoms with Gasteiger partial charge >= 0.3 is 0 Å². The summed E-state index contributed by atoms with van der Waals surface area (Å²) in [5.41, 5.74) is 29.2. The molecule has 0 heterocycles. The Hall–Kier alpha value is -6.76. The van der Waals surface area contributed by atoms with Crippen molar-refractivity contribution in [2.24, 2.45) is 0 Å². The van der Waals surface area contributed by atoms with Gasteiger partial charge in [0, 0.05) is 16.7 Å². The van der Waals surface area contributed by atoms with Crippen molar-refractivity contribution in [1.82, 2.24) is 0 Å². The SMILES string of the molecule is CC1(C)c2ccccc2-c2ccc(C(c3ccc4c(c3)C(C)(C)c3ccccc3-4)c3cccc4c3-c3cc5ccccc5c(-c5cccc6c5Cc5ccccc5-6)c3C4)cc21. The smallest absolute Gasteiger partial charge is 0.0346 e. The molecule has 4 aliphatic rings. The third kappa shape index (κ3) is 4.77. The van der Waals surface area contributed by atoms with Gasteiger partial charge in [-0.25, -0.2) is 0 Å². The van der Waals surface area contributed by atoms with Crippen molar-refractivity contribution in [2.75, 3.05) is 0 Å². The second kappa shape index (κ2) is 12.4. The summed E-state index contributed by atoms with van der Waals surface area (Å²) >= 11 is 0. The minimum absolute atomic E-state index is 0.0286. The molecule has 4 aliphatic carbocycles. The molecular formula is C61H46. The molecule has 0 fully saturated rings. The lowest BCUT2D eigenvalue weighted by molar-refractivity contribution is 0.657. The van der Waals surface area contributed by atoms with Crippen molar-refractivity contribution in [2.45, 2.75) is 57.3 Å². The summed E-state index contributed by atoms with van der Waals surface area (Å²) in [4.78, 5) is 0. The van der Waals surface area contributed by atoms with E-state index >= 15 is 0 Å². The van der Waals surface area contributed by atoms with Gasteiger partial charge in [-0.2, -0.15) is 0 Å². The van der Waals surface area contributed by atoms with Crippen LogP contribution < -0.4 is 0 Å². The fraction of sp³-hybridized carbons (Fsp3) is 0.148. The predicted octanol–water partition coefficient (Wildman–Crippen LogP) is 15.4. The molecule has 0 aliphatic heterocycles. The van der Waals surface area contributed by atoms with Crippen LogP contribution in [-0.2, 0) is 23.7 Å². The van der Waals surface area contributed by atoms with Crippen LogP contribution in [0, 0.1) is 0 Å². The summed E-state index contributed by atoms with van der Waals surface area (Å²) in [7, 11) is 0. The summed E-state index contributed by atoms with van der Waals surface area (Å²) in [5, 5.41) is 2.65. The van der Waals surface area contributed by atoms with Crippen LogP contribution in [0.5, 0.6) is 0 Å². The Kier molecular flexibility index (Phi) is 7.12. The fourth-order valence-electron chi connectivity index (χ4n) is 12.4. The first-order valence-corrected chi connectivity index (χ1v) is 22.1. The number of fused-ring (bicyclic) bond motifs is 13. The minimum atomic E-state index is -0.0945. The van der Waals surface area contributed by atoms with E-state index in [9.17, 15) is 0 Å². The lowest BCUT2D eigenvalue weighted by Gasteiger charge is -2.27. The van der Waals surface area contributed by atoms with Gasteiger partial charge in [0.1, 0.15) is 0 Å². The minimum Gasteiger partial charge on any atom is -0.0619 e. The number of rotatable bonds is 4. The van der Waals surface area contributed by atoms with Crippen molar-refractivity contribution in [3.63, 3.8) is 0 Å². The molecule has 0 heteroatoms. The lowest BCUT2D eigenvalue weighted by Crippen LogP contribution is -2.17. The molecule has 0 amide bonds. The molecule has 0 atom stereocenters. The molecule has 0 nitrogen and oxygen atoms in total. The molecule has 0 saturated carbocycles. The van der Waals surface area contributed by atoms with Gasteiger partial charge in [-0.05, 0) is 147 Å². The van der Waals surface area contributed by atoms with Crippen LogP contribution in [-0.4, -0.2) is 0 Å². The highest BCUT2D eigenvalue weighted by Crippen LogP contribution is 2.55. The van der Waals surface area contributed by atoms with Crippen molar-refractivity contribution in [1.29, 1.82) is 0 Å². The average molecular weight is 779 g/mol. The van der Waals surface area contributed by atoms with E-state index in [0.717, 1.165) is 12.8 Å². The molecule has 0 spiro atoms. The highest BCUT2D eigenvalue weighted by molar-refractivity contribution is 6.06. The van der Waals surface area contributed by atoms with Gasteiger partial charge in [0.2, 0.25) is 0 Å². The third-order valence-electron chi connectivity index (χ3n) is 15.3. The summed E-state index contributed by atoms with van der Waals surface area (Å²) in [6.07, 6.45) is 1.89. The highest BCUT2D eigenvalue weighted by atomic mass is 14.4. The molecule has 9 aromatic carbocycles. The Bertz CT molecular complexity index is 3260. The molecule has 13 rings (SSSR count). The monoisotopic (exact) mass is 778 g/mol. The Morgan fingerprint density at radius 1 is 0.361 bits per heavy atom. The Morgan fingerprint density at radius 2 is 0.885 bits per heavy atom. The second-order valence-electron chi connectivity index (χ2n) is 19.1. The van der Waals surface area contributed by atoms with Crippen molar-refractivity contribution < 1.29 is 0 Å². The van der Waals surface area contributed by atoms with E-state index in [2.05, 4.69) is 204 Å². The van der Waals surface area contributed by atoms with Crippen LogP contribution in [0.25, 0.3) is 66.4 Å². The highest BCUT2D eigenvalue weighted by Gasteiger charge is 2.39. The molecular weight excluding hydrogens is 733 g/mol. The first-order valence-electron chi connectivity index (χ1n) is 22.1. The Balaban J connectivity index is 1.06. The van der Waals surface area contributed by atoms with Gasteiger partial charge in [0.25, 0.3) is 0 Å². The molecule has 0 N–H and O–H groups in total. The van der Waals surface area contributed by atoms with Crippen molar-refractivity contribution in [3.8, 4) is 55.6 Å². The normalized spacial score (nSPS) is 15.2. The van der Waals surface area contributed by atoms with Gasteiger partial charge < -0.3 is 0 Å². The quantitative estimate of drug-likeness (QED) is 0.156. The molecule has 0 radical (unpaired) electrons. The zero-order valence-electron chi connectivity index (χ0n) is 35.2. The lowest BCUT2D eigenvalue weighted by atomic mass is 9.76. The van der Waals surface area contributed by atoms with Crippen LogP contribution in [0.2, 0.25) is 0 Å². The maximum atomic E-state index is 2.57. The van der Waals surface area contributed by atoms with Gasteiger partial charge in [-0.15, -0.1) is 0 Å². The summed E-state index contributed by atoms with van der Waals surface area (Å²) in [5.74, 6) is 0.0286. The molecule has 9 aromatic rings. The summed E-state index contributed by atoms with van der Waals surface area (Å²) in [6, 6.07) is 67.8. The molecule has 0 saturated heterocycles. The van der Waals surface area contributed by atoms with Gasteiger partial charge in [-0.3, -0.25) is 0 Å².